The maximum Gasteiger partial charge on any atom is 0.338 e. The molecule has 0 saturated carbocycles. The number of nitrogens with zero attached hydrogens (tertiary/aromatic N) is 1. The van der Waals surface area contributed by atoms with Crippen molar-refractivity contribution in [3.05, 3.63) is 59.7 Å². The van der Waals surface area contributed by atoms with Gasteiger partial charge in [0, 0.05) is 17.0 Å². The molecule has 0 radical (unpaired) electrons. The Labute approximate surface area is 146 Å². The number of hydrogen-bond acceptors (Lipinski definition) is 4. The molecule has 1 heterocycles. The molecule has 5 heteroatoms. The Kier molecular flexibility index (Phi) is 5.42. The number of halogens is 1. The van der Waals surface area contributed by atoms with Crippen LogP contribution in [0.25, 0.3) is 22.2 Å². The summed E-state index contributed by atoms with van der Waals surface area (Å²) in [7, 11) is 2.99. The molecule has 3 rings (SSSR count). The predicted molar refractivity (Wildman–Crippen MR) is 97.1 cm³/mol. The van der Waals surface area contributed by atoms with Crippen molar-refractivity contribution in [2.24, 2.45) is 0 Å². The Bertz CT molecular complexity index is 879. The fraction of sp³-hybridized carbons (Fsp3) is 0.158. The molecule has 0 unspecified atom stereocenters. The molecule has 4 nitrogen and oxygen atoms in total. The minimum absolute atomic E-state index is 0. The van der Waals surface area contributed by atoms with E-state index >= 15 is 0 Å². The molecule has 24 heavy (non-hydrogen) atoms. The fourth-order valence-corrected chi connectivity index (χ4v) is 2.71. The zero-order valence-electron chi connectivity index (χ0n) is 13.7. The molecule has 0 atom stereocenters. The number of esters is 1. The van der Waals surface area contributed by atoms with Crippen molar-refractivity contribution in [1.29, 1.82) is 0 Å². The number of hydrogen-bond donors (Lipinski definition) is 0. The van der Waals surface area contributed by atoms with Gasteiger partial charge in [-0.15, -0.1) is 12.4 Å². The largest absolute Gasteiger partial charge is 0.497 e. The van der Waals surface area contributed by atoms with E-state index in [4.69, 9.17) is 14.5 Å². The lowest BCUT2D eigenvalue weighted by molar-refractivity contribution is 0.0602. The van der Waals surface area contributed by atoms with Crippen LogP contribution in [0.5, 0.6) is 5.75 Å². The summed E-state index contributed by atoms with van der Waals surface area (Å²) in [4.78, 5) is 17.0. The number of methoxy groups -OCH3 is 2. The Balaban J connectivity index is 0.00000208. The number of pyridine rings is 1. The lowest BCUT2D eigenvalue weighted by Crippen LogP contribution is -2.07. The standard InChI is InChI=1S/C19H17NO3.ClH/c1-12-17(19(21)23-3)15-10-9-14(22-2)11-16(15)20-18(12)13-7-5-4-6-8-13;/h4-11H,1-3H3;1H. The lowest BCUT2D eigenvalue weighted by atomic mass is 9.97. The molecule has 0 N–H and O–H groups in total. The Morgan fingerprint density at radius 1 is 1.04 bits per heavy atom. The van der Waals surface area contributed by atoms with Gasteiger partial charge in [0.2, 0.25) is 0 Å². The second-order valence-corrected chi connectivity index (χ2v) is 5.20. The average Bonchev–Trinajstić information content (AvgIpc) is 2.61. The molecule has 3 aromatic rings. The summed E-state index contributed by atoms with van der Waals surface area (Å²) in [6.45, 7) is 1.89. The molecule has 124 valence electrons. The van der Waals surface area contributed by atoms with Crippen LogP contribution in [0, 0.1) is 6.92 Å². The minimum Gasteiger partial charge on any atom is -0.497 e. The summed E-state index contributed by atoms with van der Waals surface area (Å²) < 4.78 is 10.2. The molecule has 0 fully saturated rings. The van der Waals surface area contributed by atoms with Crippen molar-refractivity contribution in [3.8, 4) is 17.0 Å². The van der Waals surface area contributed by atoms with Gasteiger partial charge in [0.15, 0.2) is 0 Å². The number of carbonyl (C=O) groups excluding carboxylic acids is 1. The van der Waals surface area contributed by atoms with Gasteiger partial charge in [-0.05, 0) is 24.6 Å². The second-order valence-electron chi connectivity index (χ2n) is 5.20. The molecule has 0 aliphatic heterocycles. The molecule has 0 saturated heterocycles. The summed E-state index contributed by atoms with van der Waals surface area (Å²) in [5, 5.41) is 0.759. The monoisotopic (exact) mass is 343 g/mol. The number of carbonyl (C=O) groups is 1. The van der Waals surface area contributed by atoms with Crippen LogP contribution in [0.3, 0.4) is 0 Å². The first-order valence-electron chi connectivity index (χ1n) is 7.27. The van der Waals surface area contributed by atoms with Crippen molar-refractivity contribution >= 4 is 29.3 Å². The van der Waals surface area contributed by atoms with Gasteiger partial charge in [-0.25, -0.2) is 9.78 Å². The molecule has 0 amide bonds. The first-order chi connectivity index (χ1) is 11.2. The van der Waals surface area contributed by atoms with Gasteiger partial charge in [-0.3, -0.25) is 0 Å². The molecular formula is C19H18ClNO3. The van der Waals surface area contributed by atoms with Crippen molar-refractivity contribution in [2.45, 2.75) is 6.92 Å². The number of benzene rings is 2. The van der Waals surface area contributed by atoms with Crippen LogP contribution in [0.2, 0.25) is 0 Å². The molecule has 0 bridgehead atoms. The van der Waals surface area contributed by atoms with Gasteiger partial charge in [-0.2, -0.15) is 0 Å². The van der Waals surface area contributed by atoms with Crippen LogP contribution in [0.15, 0.2) is 48.5 Å². The van der Waals surface area contributed by atoms with Gasteiger partial charge < -0.3 is 9.47 Å². The minimum atomic E-state index is -0.364. The van der Waals surface area contributed by atoms with Gasteiger partial charge in [0.1, 0.15) is 5.75 Å². The number of aromatic nitrogens is 1. The van der Waals surface area contributed by atoms with Crippen LogP contribution in [0.1, 0.15) is 15.9 Å². The highest BCUT2D eigenvalue weighted by atomic mass is 35.5. The smallest absolute Gasteiger partial charge is 0.338 e. The average molecular weight is 344 g/mol. The first-order valence-corrected chi connectivity index (χ1v) is 7.27. The highest BCUT2D eigenvalue weighted by molar-refractivity contribution is 6.06. The summed E-state index contributed by atoms with van der Waals surface area (Å²) in [6, 6.07) is 15.3. The first kappa shape index (κ1) is 17.8. The van der Waals surface area contributed by atoms with Crippen LogP contribution >= 0.6 is 12.4 Å². The van der Waals surface area contributed by atoms with Crippen LogP contribution in [-0.2, 0) is 4.74 Å². The quantitative estimate of drug-likeness (QED) is 0.660. The third-order valence-electron chi connectivity index (χ3n) is 3.87. The van der Waals surface area contributed by atoms with Gasteiger partial charge in [0.05, 0.1) is 31.0 Å². The maximum atomic E-state index is 12.3. The van der Waals surface area contributed by atoms with E-state index in [9.17, 15) is 4.79 Å². The highest BCUT2D eigenvalue weighted by Crippen LogP contribution is 2.31. The Morgan fingerprint density at radius 3 is 2.38 bits per heavy atom. The number of fused-ring (bicyclic) bond motifs is 1. The third kappa shape index (κ3) is 3.05. The van der Waals surface area contributed by atoms with E-state index in [1.807, 2.05) is 55.5 Å². The topological polar surface area (TPSA) is 48.4 Å². The van der Waals surface area contributed by atoms with E-state index in [0.29, 0.717) is 16.8 Å². The van der Waals surface area contributed by atoms with E-state index in [1.165, 1.54) is 7.11 Å². The van der Waals surface area contributed by atoms with Gasteiger partial charge in [-0.1, -0.05) is 30.3 Å². The van der Waals surface area contributed by atoms with E-state index in [1.54, 1.807) is 7.11 Å². The molecule has 0 spiro atoms. The Morgan fingerprint density at radius 2 is 1.75 bits per heavy atom. The highest BCUT2D eigenvalue weighted by Gasteiger charge is 2.19. The van der Waals surface area contributed by atoms with E-state index in [0.717, 1.165) is 22.2 Å². The summed E-state index contributed by atoms with van der Waals surface area (Å²) in [6.07, 6.45) is 0. The molecule has 1 aromatic heterocycles. The van der Waals surface area contributed by atoms with Gasteiger partial charge >= 0.3 is 5.97 Å². The van der Waals surface area contributed by atoms with Crippen molar-refractivity contribution in [3.63, 3.8) is 0 Å². The third-order valence-corrected chi connectivity index (χ3v) is 3.87. The zero-order valence-corrected chi connectivity index (χ0v) is 14.5. The lowest BCUT2D eigenvalue weighted by Gasteiger charge is -2.14. The van der Waals surface area contributed by atoms with E-state index in [-0.39, 0.29) is 18.4 Å². The summed E-state index contributed by atoms with van der Waals surface area (Å²) >= 11 is 0. The normalized spacial score (nSPS) is 10.1. The van der Waals surface area contributed by atoms with Gasteiger partial charge in [0.25, 0.3) is 0 Å². The molecule has 0 aliphatic carbocycles. The van der Waals surface area contributed by atoms with Crippen molar-refractivity contribution < 1.29 is 14.3 Å². The van der Waals surface area contributed by atoms with Crippen LogP contribution in [0.4, 0.5) is 0 Å². The molecule has 0 aliphatic rings. The van der Waals surface area contributed by atoms with Crippen LogP contribution < -0.4 is 4.74 Å². The second kappa shape index (κ2) is 7.32. The van der Waals surface area contributed by atoms with E-state index < -0.39 is 0 Å². The number of ether oxygens (including phenoxy) is 2. The fourth-order valence-electron chi connectivity index (χ4n) is 2.71. The summed E-state index contributed by atoms with van der Waals surface area (Å²) in [5.41, 5.74) is 3.78. The zero-order chi connectivity index (χ0) is 16.4. The predicted octanol–water partition coefficient (Wildman–Crippen LogP) is 4.43. The van der Waals surface area contributed by atoms with E-state index in [2.05, 4.69) is 0 Å². The number of rotatable bonds is 3. The van der Waals surface area contributed by atoms with Crippen molar-refractivity contribution in [2.75, 3.05) is 14.2 Å². The molecular weight excluding hydrogens is 326 g/mol. The Hall–Kier alpha value is -2.59. The SMILES string of the molecule is COC(=O)c1c(C)c(-c2ccccc2)nc2cc(OC)ccc12.Cl. The van der Waals surface area contributed by atoms with Crippen molar-refractivity contribution in [1.82, 2.24) is 4.98 Å². The summed E-state index contributed by atoms with van der Waals surface area (Å²) in [5.74, 6) is 0.334. The van der Waals surface area contributed by atoms with Crippen LogP contribution in [-0.4, -0.2) is 25.2 Å². The maximum absolute atomic E-state index is 12.3. The molecule has 2 aromatic carbocycles.